The number of nitrogens with two attached hydrogens (primary N) is 1. The van der Waals surface area contributed by atoms with E-state index in [1.807, 2.05) is 19.1 Å². The Bertz CT molecular complexity index is 848. The fourth-order valence-corrected chi connectivity index (χ4v) is 5.93. The van der Waals surface area contributed by atoms with Crippen molar-refractivity contribution in [3.8, 4) is 0 Å². The Morgan fingerprint density at radius 1 is 1.15 bits per heavy atom. The largest absolute Gasteiger partial charge is 0.469 e. The average molecular weight is 510 g/mol. The van der Waals surface area contributed by atoms with E-state index in [0.29, 0.717) is 5.92 Å². The molecule has 1 unspecified atom stereocenters. The predicted octanol–water partition coefficient (Wildman–Crippen LogP) is 7.33. The molecule has 0 amide bonds. The van der Waals surface area contributed by atoms with Crippen molar-refractivity contribution in [3.05, 3.63) is 34.3 Å². The molecule has 0 bridgehead atoms. The van der Waals surface area contributed by atoms with Crippen LogP contribution < -0.4 is 5.73 Å². The van der Waals surface area contributed by atoms with E-state index in [1.54, 1.807) is 0 Å². The number of carbonyl (C=O) groups excluding carboxylic acids is 1. The van der Waals surface area contributed by atoms with Crippen LogP contribution in [-0.4, -0.2) is 28.0 Å². The second-order valence-electron chi connectivity index (χ2n) is 13.3. The Kier molecular flexibility index (Phi) is 9.17. The van der Waals surface area contributed by atoms with E-state index >= 15 is 0 Å². The standard InChI is InChI=1S/C28H48ClNO3Si/c1-26(2,3)14-13-20-11-12-22(17-23(20)29)28(7,30)24(25(31)32-8)21-15-19(16-21)18-33-34(9,10)27(4,5)6/h11-12,17,19,21,24H,13-16,18,30H2,1-10H3/t19?,21?,24?,28-/m0/s1. The smallest absolute Gasteiger partial charge is 0.311 e. The van der Waals surface area contributed by atoms with Crippen molar-refractivity contribution in [3.63, 3.8) is 0 Å². The van der Waals surface area contributed by atoms with Gasteiger partial charge in [0.05, 0.1) is 18.6 Å². The van der Waals surface area contributed by atoms with Crippen LogP contribution in [0, 0.1) is 23.2 Å². The molecule has 4 nitrogen and oxygen atoms in total. The highest BCUT2D eigenvalue weighted by molar-refractivity contribution is 6.74. The quantitative estimate of drug-likeness (QED) is 0.279. The number of methoxy groups -OCH3 is 1. The summed E-state index contributed by atoms with van der Waals surface area (Å²) in [6, 6.07) is 6.06. The zero-order chi connectivity index (χ0) is 26.1. The zero-order valence-electron chi connectivity index (χ0n) is 23.2. The van der Waals surface area contributed by atoms with Crippen LogP contribution in [0.5, 0.6) is 0 Å². The fourth-order valence-electron chi connectivity index (χ4n) is 4.57. The summed E-state index contributed by atoms with van der Waals surface area (Å²) in [5.74, 6) is -0.0231. The van der Waals surface area contributed by atoms with E-state index in [4.69, 9.17) is 26.5 Å². The van der Waals surface area contributed by atoms with Gasteiger partial charge in [-0.2, -0.15) is 0 Å². The molecule has 0 aromatic heterocycles. The van der Waals surface area contributed by atoms with E-state index in [9.17, 15) is 4.79 Å². The topological polar surface area (TPSA) is 61.5 Å². The molecule has 34 heavy (non-hydrogen) atoms. The molecule has 2 rings (SSSR count). The van der Waals surface area contributed by atoms with Crippen molar-refractivity contribution in [2.75, 3.05) is 13.7 Å². The molecule has 0 saturated heterocycles. The number of hydrogen-bond acceptors (Lipinski definition) is 4. The number of esters is 1. The van der Waals surface area contributed by atoms with Gasteiger partial charge in [-0.1, -0.05) is 65.3 Å². The van der Waals surface area contributed by atoms with Crippen LogP contribution in [0.3, 0.4) is 0 Å². The molecule has 0 radical (unpaired) electrons. The maximum atomic E-state index is 12.9. The first-order chi connectivity index (χ1) is 15.4. The van der Waals surface area contributed by atoms with Gasteiger partial charge < -0.3 is 14.9 Å². The molecule has 194 valence electrons. The Morgan fingerprint density at radius 2 is 1.74 bits per heavy atom. The molecule has 1 aliphatic rings. The number of ether oxygens (including phenoxy) is 1. The van der Waals surface area contributed by atoms with Gasteiger partial charge in [0.15, 0.2) is 8.32 Å². The molecule has 1 fully saturated rings. The minimum absolute atomic E-state index is 0.176. The fraction of sp³-hybridized carbons (Fsp3) is 0.750. The van der Waals surface area contributed by atoms with E-state index in [2.05, 4.69) is 60.7 Å². The molecule has 1 saturated carbocycles. The molecule has 0 aliphatic heterocycles. The molecular weight excluding hydrogens is 462 g/mol. The molecule has 0 heterocycles. The van der Waals surface area contributed by atoms with Crippen molar-refractivity contribution in [1.29, 1.82) is 0 Å². The summed E-state index contributed by atoms with van der Waals surface area (Å²) < 4.78 is 11.7. The normalized spacial score (nSPS) is 22.0. The first-order valence-corrected chi connectivity index (χ1v) is 16.0. The molecule has 1 aliphatic carbocycles. The van der Waals surface area contributed by atoms with E-state index in [1.165, 1.54) is 7.11 Å². The zero-order valence-corrected chi connectivity index (χ0v) is 24.9. The third-order valence-corrected chi connectivity index (χ3v) is 13.0. The van der Waals surface area contributed by atoms with Gasteiger partial charge in [0.1, 0.15) is 0 Å². The minimum atomic E-state index is -1.78. The third-order valence-electron chi connectivity index (χ3n) is 8.15. The number of hydrogen-bond donors (Lipinski definition) is 1. The second-order valence-corrected chi connectivity index (χ2v) is 18.5. The number of benzene rings is 1. The number of aryl methyl sites for hydroxylation is 1. The van der Waals surface area contributed by atoms with Gasteiger partial charge in [-0.05, 0) is 85.2 Å². The molecule has 2 N–H and O–H groups in total. The van der Waals surface area contributed by atoms with E-state index in [0.717, 1.165) is 48.4 Å². The summed E-state index contributed by atoms with van der Waals surface area (Å²) in [6.07, 6.45) is 3.83. The van der Waals surface area contributed by atoms with Crippen molar-refractivity contribution in [2.45, 2.75) is 97.8 Å². The molecule has 1 aromatic carbocycles. The first kappa shape index (κ1) is 29.3. The van der Waals surface area contributed by atoms with Crippen LogP contribution in [0.15, 0.2) is 18.2 Å². The molecular formula is C28H48ClNO3Si. The van der Waals surface area contributed by atoms with Gasteiger partial charge in [0.25, 0.3) is 0 Å². The molecule has 1 aromatic rings. The monoisotopic (exact) mass is 509 g/mol. The summed E-state index contributed by atoms with van der Waals surface area (Å²) >= 11 is 6.67. The van der Waals surface area contributed by atoms with Crippen LogP contribution in [0.25, 0.3) is 0 Å². The maximum Gasteiger partial charge on any atom is 0.311 e. The van der Waals surface area contributed by atoms with Gasteiger partial charge in [0, 0.05) is 11.6 Å². The van der Waals surface area contributed by atoms with Crippen LogP contribution in [0.4, 0.5) is 0 Å². The van der Waals surface area contributed by atoms with Gasteiger partial charge in [-0.3, -0.25) is 4.79 Å². The lowest BCUT2D eigenvalue weighted by atomic mass is 9.62. The van der Waals surface area contributed by atoms with E-state index in [-0.39, 0.29) is 22.3 Å². The Labute approximate surface area is 214 Å². The Hall–Kier alpha value is -0.883. The van der Waals surface area contributed by atoms with Crippen molar-refractivity contribution >= 4 is 25.9 Å². The SMILES string of the molecule is COC(=O)C(C1CC(CO[Si](C)(C)C(C)(C)C)C1)[C@@](C)(N)c1ccc(CCC(C)(C)C)c(Cl)c1. The summed E-state index contributed by atoms with van der Waals surface area (Å²) in [7, 11) is -0.330. The van der Waals surface area contributed by atoms with Crippen molar-refractivity contribution < 1.29 is 14.0 Å². The number of rotatable bonds is 9. The highest BCUT2D eigenvalue weighted by atomic mass is 35.5. The highest BCUT2D eigenvalue weighted by Gasteiger charge is 2.49. The minimum Gasteiger partial charge on any atom is -0.469 e. The number of halogens is 1. The van der Waals surface area contributed by atoms with Crippen LogP contribution in [0.1, 0.15) is 78.9 Å². The van der Waals surface area contributed by atoms with Crippen LogP contribution >= 0.6 is 11.6 Å². The second kappa shape index (κ2) is 10.6. The molecule has 6 heteroatoms. The first-order valence-electron chi connectivity index (χ1n) is 12.7. The summed E-state index contributed by atoms with van der Waals surface area (Å²) in [5, 5.41) is 0.912. The molecule has 0 spiro atoms. The van der Waals surface area contributed by atoms with Gasteiger partial charge in [-0.25, -0.2) is 0 Å². The van der Waals surface area contributed by atoms with Gasteiger partial charge in [0.2, 0.25) is 0 Å². The van der Waals surface area contributed by atoms with Crippen LogP contribution in [0.2, 0.25) is 23.2 Å². The highest BCUT2D eigenvalue weighted by Crippen LogP contribution is 2.47. The summed E-state index contributed by atoms with van der Waals surface area (Å²) in [4.78, 5) is 12.9. The predicted molar refractivity (Wildman–Crippen MR) is 146 cm³/mol. The lowest BCUT2D eigenvalue weighted by Gasteiger charge is -2.46. The Morgan fingerprint density at radius 3 is 2.21 bits per heavy atom. The van der Waals surface area contributed by atoms with E-state index < -0.39 is 19.8 Å². The molecule has 2 atom stereocenters. The van der Waals surface area contributed by atoms with Gasteiger partial charge >= 0.3 is 5.97 Å². The summed E-state index contributed by atoms with van der Waals surface area (Å²) in [6.45, 7) is 20.7. The Balaban J connectivity index is 2.13. The third kappa shape index (κ3) is 7.08. The summed E-state index contributed by atoms with van der Waals surface area (Å²) in [5.41, 5.74) is 8.28. The van der Waals surface area contributed by atoms with Crippen molar-refractivity contribution in [2.24, 2.45) is 28.9 Å². The van der Waals surface area contributed by atoms with Crippen molar-refractivity contribution in [1.82, 2.24) is 0 Å². The maximum absolute atomic E-state index is 12.9. The average Bonchev–Trinajstić information content (AvgIpc) is 2.66. The van der Waals surface area contributed by atoms with Gasteiger partial charge in [-0.15, -0.1) is 0 Å². The lowest BCUT2D eigenvalue weighted by Crippen LogP contribution is -2.53. The van der Waals surface area contributed by atoms with Crippen LogP contribution in [-0.2, 0) is 25.9 Å². The lowest BCUT2D eigenvalue weighted by molar-refractivity contribution is -0.153. The number of carbonyl (C=O) groups is 1.